The van der Waals surface area contributed by atoms with Gasteiger partial charge in [-0.15, -0.1) is 11.3 Å². The lowest BCUT2D eigenvalue weighted by Gasteiger charge is -2.32. The van der Waals surface area contributed by atoms with Crippen molar-refractivity contribution in [1.29, 1.82) is 0 Å². The lowest BCUT2D eigenvalue weighted by atomic mass is 9.77. The Morgan fingerprint density at radius 2 is 2.19 bits per heavy atom. The van der Waals surface area contributed by atoms with Crippen molar-refractivity contribution in [2.75, 3.05) is 0 Å². The first-order valence-electron chi connectivity index (χ1n) is 6.27. The monoisotopic (exact) mass is 236 g/mol. The summed E-state index contributed by atoms with van der Waals surface area (Å²) in [6.07, 6.45) is 6.22. The maximum absolute atomic E-state index is 6.25. The van der Waals surface area contributed by atoms with Crippen LogP contribution in [-0.2, 0) is 12.8 Å². The zero-order valence-corrected chi connectivity index (χ0v) is 10.9. The van der Waals surface area contributed by atoms with E-state index in [9.17, 15) is 0 Å². The molecular weight excluding hydrogens is 216 g/mol. The number of hydrogen-bond donors (Lipinski definition) is 1. The molecule has 2 aliphatic rings. The molecule has 2 aliphatic carbocycles. The van der Waals surface area contributed by atoms with E-state index in [0.29, 0.717) is 5.41 Å². The van der Waals surface area contributed by atoms with Gasteiger partial charge in [0.05, 0.1) is 10.7 Å². The minimum atomic E-state index is 0.226. The highest BCUT2D eigenvalue weighted by Gasteiger charge is 2.34. The Labute approximate surface area is 101 Å². The SMILES string of the molecule is CC1(C)Cc2nc(CC3CC3)sc2C(N)C1. The molecule has 1 aromatic heterocycles. The smallest absolute Gasteiger partial charge is 0.0934 e. The molecule has 0 amide bonds. The van der Waals surface area contributed by atoms with Crippen LogP contribution in [0.4, 0.5) is 0 Å². The van der Waals surface area contributed by atoms with Crippen LogP contribution in [0.1, 0.15) is 54.7 Å². The van der Waals surface area contributed by atoms with E-state index < -0.39 is 0 Å². The highest BCUT2D eigenvalue weighted by molar-refractivity contribution is 7.11. The first-order chi connectivity index (χ1) is 7.53. The number of hydrogen-bond acceptors (Lipinski definition) is 3. The van der Waals surface area contributed by atoms with Crippen molar-refractivity contribution in [2.24, 2.45) is 17.1 Å². The van der Waals surface area contributed by atoms with Gasteiger partial charge in [0.25, 0.3) is 0 Å². The van der Waals surface area contributed by atoms with Gasteiger partial charge in [-0.2, -0.15) is 0 Å². The molecule has 1 unspecified atom stereocenters. The molecule has 0 aromatic carbocycles. The van der Waals surface area contributed by atoms with E-state index in [1.807, 2.05) is 11.3 Å². The fourth-order valence-corrected chi connectivity index (χ4v) is 3.90. The molecule has 0 radical (unpaired) electrons. The van der Waals surface area contributed by atoms with Gasteiger partial charge < -0.3 is 5.73 Å². The minimum Gasteiger partial charge on any atom is -0.323 e. The molecule has 2 nitrogen and oxygen atoms in total. The largest absolute Gasteiger partial charge is 0.323 e. The molecule has 1 fully saturated rings. The normalized spacial score (nSPS) is 27.8. The third kappa shape index (κ3) is 2.03. The summed E-state index contributed by atoms with van der Waals surface area (Å²) in [7, 11) is 0. The van der Waals surface area contributed by atoms with Gasteiger partial charge in [-0.05, 0) is 37.0 Å². The second kappa shape index (κ2) is 3.54. The van der Waals surface area contributed by atoms with E-state index in [2.05, 4.69) is 13.8 Å². The first-order valence-corrected chi connectivity index (χ1v) is 7.09. The van der Waals surface area contributed by atoms with Crippen LogP contribution < -0.4 is 5.73 Å². The average molecular weight is 236 g/mol. The number of aromatic nitrogens is 1. The van der Waals surface area contributed by atoms with Gasteiger partial charge >= 0.3 is 0 Å². The number of fused-ring (bicyclic) bond motifs is 1. The maximum atomic E-state index is 6.25. The molecule has 0 aliphatic heterocycles. The molecule has 2 N–H and O–H groups in total. The third-order valence-corrected chi connectivity index (χ3v) is 4.94. The van der Waals surface area contributed by atoms with E-state index in [0.717, 1.165) is 18.8 Å². The Kier molecular flexibility index (Phi) is 2.37. The molecule has 0 spiro atoms. The summed E-state index contributed by atoms with van der Waals surface area (Å²) in [5.74, 6) is 0.928. The van der Waals surface area contributed by atoms with Gasteiger partial charge in [0, 0.05) is 17.3 Å². The van der Waals surface area contributed by atoms with E-state index in [1.54, 1.807) is 0 Å². The van der Waals surface area contributed by atoms with Gasteiger partial charge in [0.1, 0.15) is 0 Å². The molecule has 3 rings (SSSR count). The molecule has 16 heavy (non-hydrogen) atoms. The van der Waals surface area contributed by atoms with E-state index in [-0.39, 0.29) is 6.04 Å². The van der Waals surface area contributed by atoms with Crippen LogP contribution in [0.2, 0.25) is 0 Å². The van der Waals surface area contributed by atoms with Gasteiger partial charge in [-0.25, -0.2) is 4.98 Å². The van der Waals surface area contributed by atoms with Crippen molar-refractivity contribution in [3.05, 3.63) is 15.6 Å². The van der Waals surface area contributed by atoms with E-state index in [4.69, 9.17) is 10.7 Å². The predicted molar refractivity (Wildman–Crippen MR) is 67.6 cm³/mol. The van der Waals surface area contributed by atoms with Crippen molar-refractivity contribution in [3.63, 3.8) is 0 Å². The number of rotatable bonds is 2. The lowest BCUT2D eigenvalue weighted by Crippen LogP contribution is -2.28. The summed E-state index contributed by atoms with van der Waals surface area (Å²) in [6, 6.07) is 0.226. The van der Waals surface area contributed by atoms with Crippen LogP contribution in [0.5, 0.6) is 0 Å². The fraction of sp³-hybridized carbons (Fsp3) is 0.769. The molecule has 1 aromatic rings. The van der Waals surface area contributed by atoms with Gasteiger partial charge in [0.2, 0.25) is 0 Å². The minimum absolute atomic E-state index is 0.226. The third-order valence-electron chi connectivity index (χ3n) is 3.69. The highest BCUT2D eigenvalue weighted by Crippen LogP contribution is 2.43. The number of nitrogens with zero attached hydrogens (tertiary/aromatic N) is 1. The number of thiazole rings is 1. The Morgan fingerprint density at radius 3 is 2.88 bits per heavy atom. The fourth-order valence-electron chi connectivity index (χ4n) is 2.70. The zero-order chi connectivity index (χ0) is 11.3. The van der Waals surface area contributed by atoms with Gasteiger partial charge in [0.15, 0.2) is 0 Å². The lowest BCUT2D eigenvalue weighted by molar-refractivity contribution is 0.282. The standard InChI is InChI=1S/C13H20N2S/c1-13(2)6-9(14)12-10(7-13)15-11(16-12)5-8-3-4-8/h8-9H,3-7,14H2,1-2H3. The van der Waals surface area contributed by atoms with E-state index >= 15 is 0 Å². The van der Waals surface area contributed by atoms with Crippen LogP contribution in [0.3, 0.4) is 0 Å². The van der Waals surface area contributed by atoms with Crippen LogP contribution in [-0.4, -0.2) is 4.98 Å². The molecule has 88 valence electrons. The van der Waals surface area contributed by atoms with Crippen LogP contribution in [0.25, 0.3) is 0 Å². The second-order valence-corrected chi connectivity index (χ2v) is 7.33. The Bertz CT molecular complexity index is 404. The molecular formula is C13H20N2S. The van der Waals surface area contributed by atoms with Gasteiger partial charge in [-0.1, -0.05) is 13.8 Å². The maximum Gasteiger partial charge on any atom is 0.0934 e. The highest BCUT2D eigenvalue weighted by atomic mass is 32.1. The Hall–Kier alpha value is -0.410. The summed E-state index contributed by atoms with van der Waals surface area (Å²) < 4.78 is 0. The molecule has 0 bridgehead atoms. The van der Waals surface area contributed by atoms with Crippen molar-refractivity contribution in [3.8, 4) is 0 Å². The quantitative estimate of drug-likeness (QED) is 0.857. The number of nitrogens with two attached hydrogens (primary N) is 1. The Balaban J connectivity index is 1.87. The molecule has 1 atom stereocenters. The summed E-state index contributed by atoms with van der Waals surface area (Å²) in [6.45, 7) is 4.60. The second-order valence-electron chi connectivity index (χ2n) is 6.22. The molecule has 3 heteroatoms. The summed E-state index contributed by atoms with van der Waals surface area (Å²) in [5, 5.41) is 1.33. The van der Waals surface area contributed by atoms with Gasteiger partial charge in [-0.3, -0.25) is 0 Å². The average Bonchev–Trinajstić information content (AvgIpc) is 2.84. The zero-order valence-electron chi connectivity index (χ0n) is 10.1. The van der Waals surface area contributed by atoms with Crippen molar-refractivity contribution < 1.29 is 0 Å². The molecule has 1 saturated carbocycles. The van der Waals surface area contributed by atoms with Crippen LogP contribution in [0.15, 0.2) is 0 Å². The van der Waals surface area contributed by atoms with E-state index in [1.165, 1.54) is 34.8 Å². The topological polar surface area (TPSA) is 38.9 Å². The molecule has 1 heterocycles. The summed E-state index contributed by atoms with van der Waals surface area (Å²) in [4.78, 5) is 6.19. The first kappa shape index (κ1) is 10.7. The van der Waals surface area contributed by atoms with Crippen molar-refractivity contribution >= 4 is 11.3 Å². The van der Waals surface area contributed by atoms with Crippen LogP contribution in [0, 0.1) is 11.3 Å². The summed E-state index contributed by atoms with van der Waals surface area (Å²) >= 11 is 1.88. The molecule has 0 saturated heterocycles. The van der Waals surface area contributed by atoms with Crippen molar-refractivity contribution in [1.82, 2.24) is 4.98 Å². The predicted octanol–water partition coefficient (Wildman–Crippen LogP) is 3.07. The Morgan fingerprint density at radius 1 is 1.44 bits per heavy atom. The summed E-state index contributed by atoms with van der Waals surface area (Å²) in [5.41, 5.74) is 7.88. The van der Waals surface area contributed by atoms with Crippen LogP contribution >= 0.6 is 11.3 Å². The van der Waals surface area contributed by atoms with Crippen molar-refractivity contribution in [2.45, 2.75) is 52.0 Å².